The fraction of sp³-hybridized carbons (Fsp3) is 0.294. The van der Waals surface area contributed by atoms with Crippen molar-refractivity contribution in [2.45, 2.75) is 24.4 Å². The highest BCUT2D eigenvalue weighted by Gasteiger charge is 2.53. The van der Waals surface area contributed by atoms with Crippen LogP contribution in [0.5, 0.6) is 0 Å². The molecule has 1 saturated heterocycles. The number of fused-ring (bicyclic) bond motifs is 1. The number of urea groups is 1. The van der Waals surface area contributed by atoms with Crippen molar-refractivity contribution in [1.29, 1.82) is 0 Å². The summed E-state index contributed by atoms with van der Waals surface area (Å²) < 4.78 is 0. The fourth-order valence-electron chi connectivity index (χ4n) is 3.12. The third kappa shape index (κ3) is 3.53. The number of carboxylic acids is 1. The summed E-state index contributed by atoms with van der Waals surface area (Å²) in [6.45, 7) is 1.66. The Hall–Kier alpha value is -3.05. The first-order chi connectivity index (χ1) is 13.2. The number of rotatable bonds is 5. The van der Waals surface area contributed by atoms with Gasteiger partial charge in [0, 0.05) is 11.4 Å². The van der Waals surface area contributed by atoms with E-state index < -0.39 is 41.3 Å². The van der Waals surface area contributed by atoms with E-state index in [0.717, 1.165) is 0 Å². The molecule has 2 aliphatic rings. The van der Waals surface area contributed by atoms with Crippen LogP contribution in [0.25, 0.3) is 0 Å². The summed E-state index contributed by atoms with van der Waals surface area (Å²) in [5.74, 6) is -1.79. The van der Waals surface area contributed by atoms with Crippen molar-refractivity contribution in [3.63, 3.8) is 0 Å². The molecule has 0 saturated carbocycles. The Bertz CT molecular complexity index is 902. The van der Waals surface area contributed by atoms with Gasteiger partial charge in [0.1, 0.15) is 23.2 Å². The minimum absolute atomic E-state index is 0.0335. The summed E-state index contributed by atoms with van der Waals surface area (Å²) >= 11 is 1.38. The number of hydrogen-bond acceptors (Lipinski definition) is 6. The van der Waals surface area contributed by atoms with Gasteiger partial charge in [0.2, 0.25) is 5.91 Å². The van der Waals surface area contributed by atoms with Crippen molar-refractivity contribution in [3.8, 4) is 0 Å². The van der Waals surface area contributed by atoms with Gasteiger partial charge in [0.15, 0.2) is 0 Å². The summed E-state index contributed by atoms with van der Waals surface area (Å²) in [5.41, 5.74) is 12.4. The number of aliphatic carboxylic acids is 1. The maximum atomic E-state index is 12.5. The highest BCUT2D eigenvalue weighted by Crippen LogP contribution is 2.40. The quantitative estimate of drug-likeness (QED) is 0.427. The van der Waals surface area contributed by atoms with Crippen LogP contribution >= 0.6 is 11.8 Å². The van der Waals surface area contributed by atoms with Gasteiger partial charge in [-0.1, -0.05) is 12.1 Å². The molecule has 28 heavy (non-hydrogen) atoms. The van der Waals surface area contributed by atoms with E-state index in [-0.39, 0.29) is 5.70 Å². The number of carbonyl (C=O) groups excluding carboxylic acids is 3. The fourth-order valence-corrected chi connectivity index (χ4v) is 4.41. The lowest BCUT2D eigenvalue weighted by atomic mass is 10.0. The van der Waals surface area contributed by atoms with Gasteiger partial charge in [0.25, 0.3) is 5.91 Å². The summed E-state index contributed by atoms with van der Waals surface area (Å²) in [6, 6.07) is 3.63. The first-order valence-corrected chi connectivity index (χ1v) is 9.35. The molecule has 7 N–H and O–H groups in total. The Morgan fingerprint density at radius 1 is 1.36 bits per heavy atom. The standard InChI is InChI=1S/C17H19N5O5S/c1-7-6-28-15-11(14(24)22(15)12(7)16(25)26)21-13(23)10(18)8-3-2-4-9(5-8)20-17(19)27/h2-5,10-11,15H,6,18H2,1H3,(H,21,23)(H,25,26)(H3,19,20,27)/t10?,11?,15-/m0/s1. The largest absolute Gasteiger partial charge is 0.477 e. The Kier molecular flexibility index (Phi) is 5.29. The molecule has 2 heterocycles. The molecule has 11 heteroatoms. The number of hydrogen-bond donors (Lipinski definition) is 5. The molecule has 1 aromatic rings. The van der Waals surface area contributed by atoms with Gasteiger partial charge in [-0.2, -0.15) is 0 Å². The van der Waals surface area contributed by atoms with Gasteiger partial charge in [-0.05, 0) is 30.2 Å². The van der Waals surface area contributed by atoms with Crippen LogP contribution in [0.2, 0.25) is 0 Å². The third-order valence-corrected chi connectivity index (χ3v) is 5.88. The van der Waals surface area contributed by atoms with E-state index >= 15 is 0 Å². The minimum Gasteiger partial charge on any atom is -0.477 e. The first kappa shape index (κ1) is 19.7. The normalized spacial score (nSPS) is 22.1. The van der Waals surface area contributed by atoms with Gasteiger partial charge in [-0.25, -0.2) is 9.59 Å². The van der Waals surface area contributed by atoms with Crippen LogP contribution in [0.4, 0.5) is 10.5 Å². The predicted octanol–water partition coefficient (Wildman–Crippen LogP) is -0.0645. The number of nitrogens with one attached hydrogen (secondary N) is 2. The smallest absolute Gasteiger partial charge is 0.352 e. The lowest BCUT2D eigenvalue weighted by molar-refractivity contribution is -0.150. The average Bonchev–Trinajstić information content (AvgIpc) is 2.64. The monoisotopic (exact) mass is 405 g/mol. The molecule has 0 aliphatic carbocycles. The van der Waals surface area contributed by atoms with E-state index in [9.17, 15) is 24.3 Å². The number of amides is 4. The molecule has 0 aromatic heterocycles. The van der Waals surface area contributed by atoms with E-state index in [4.69, 9.17) is 11.5 Å². The van der Waals surface area contributed by atoms with Crippen molar-refractivity contribution in [2.24, 2.45) is 11.5 Å². The zero-order chi connectivity index (χ0) is 20.6. The molecule has 0 radical (unpaired) electrons. The van der Waals surface area contributed by atoms with Gasteiger partial charge in [-0.15, -0.1) is 11.8 Å². The number of carbonyl (C=O) groups is 4. The predicted molar refractivity (Wildman–Crippen MR) is 102 cm³/mol. The second kappa shape index (κ2) is 7.52. The summed E-state index contributed by atoms with van der Waals surface area (Å²) in [4.78, 5) is 48.5. The van der Waals surface area contributed by atoms with Crippen LogP contribution in [-0.4, -0.2) is 51.0 Å². The second-order valence-electron chi connectivity index (χ2n) is 6.42. The zero-order valence-corrected chi connectivity index (χ0v) is 15.7. The van der Waals surface area contributed by atoms with Crippen LogP contribution in [0.15, 0.2) is 35.5 Å². The van der Waals surface area contributed by atoms with Crippen molar-refractivity contribution in [2.75, 3.05) is 11.1 Å². The molecular weight excluding hydrogens is 386 g/mol. The van der Waals surface area contributed by atoms with Crippen LogP contribution in [0, 0.1) is 0 Å². The first-order valence-electron chi connectivity index (χ1n) is 8.30. The molecule has 2 unspecified atom stereocenters. The lowest BCUT2D eigenvalue weighted by Crippen LogP contribution is -2.71. The number of thioether (sulfide) groups is 1. The summed E-state index contributed by atoms with van der Waals surface area (Å²) in [6.07, 6.45) is 0. The number of primary amides is 1. The van der Waals surface area contributed by atoms with Crippen LogP contribution < -0.4 is 22.1 Å². The molecule has 10 nitrogen and oxygen atoms in total. The summed E-state index contributed by atoms with van der Waals surface area (Å²) in [5, 5.41) is 13.8. The van der Waals surface area contributed by atoms with Gasteiger partial charge < -0.3 is 27.2 Å². The molecule has 3 atom stereocenters. The second-order valence-corrected chi connectivity index (χ2v) is 7.53. The average molecular weight is 405 g/mol. The van der Waals surface area contributed by atoms with Crippen LogP contribution in [0.3, 0.4) is 0 Å². The SMILES string of the molecule is CC1=C(C(=O)O)N2C(=O)C(NC(=O)C(N)c3cccc(NC(N)=O)c3)[C@@H]2SC1. The van der Waals surface area contributed by atoms with Crippen molar-refractivity contribution >= 4 is 41.3 Å². The molecule has 148 valence electrons. The lowest BCUT2D eigenvalue weighted by Gasteiger charge is -2.49. The van der Waals surface area contributed by atoms with Crippen molar-refractivity contribution in [3.05, 3.63) is 41.1 Å². The van der Waals surface area contributed by atoms with Crippen LogP contribution in [0.1, 0.15) is 18.5 Å². The molecule has 3 rings (SSSR count). The Morgan fingerprint density at radius 2 is 2.07 bits per heavy atom. The third-order valence-electron chi connectivity index (χ3n) is 4.45. The zero-order valence-electron chi connectivity index (χ0n) is 14.8. The van der Waals surface area contributed by atoms with E-state index in [0.29, 0.717) is 22.6 Å². The molecule has 0 spiro atoms. The Morgan fingerprint density at radius 3 is 2.71 bits per heavy atom. The van der Waals surface area contributed by atoms with Crippen molar-refractivity contribution < 1.29 is 24.3 Å². The topological polar surface area (TPSA) is 168 Å². The number of anilines is 1. The number of benzene rings is 1. The maximum absolute atomic E-state index is 12.5. The highest BCUT2D eigenvalue weighted by molar-refractivity contribution is 8.00. The number of β-lactam (4-membered cyclic amide) rings is 1. The molecule has 1 fully saturated rings. The molecule has 2 aliphatic heterocycles. The van der Waals surface area contributed by atoms with Gasteiger partial charge in [-0.3, -0.25) is 14.5 Å². The van der Waals surface area contributed by atoms with Gasteiger partial charge in [0.05, 0.1) is 0 Å². The van der Waals surface area contributed by atoms with E-state index in [2.05, 4.69) is 10.6 Å². The molecule has 1 aromatic carbocycles. The molecular formula is C17H19N5O5S. The number of carboxylic acid groups (broad SMARTS) is 1. The van der Waals surface area contributed by atoms with Crippen molar-refractivity contribution in [1.82, 2.24) is 10.2 Å². The minimum atomic E-state index is -1.17. The maximum Gasteiger partial charge on any atom is 0.352 e. The van der Waals surface area contributed by atoms with Gasteiger partial charge >= 0.3 is 12.0 Å². The van der Waals surface area contributed by atoms with E-state index in [1.165, 1.54) is 22.7 Å². The summed E-state index contributed by atoms with van der Waals surface area (Å²) in [7, 11) is 0. The molecule has 4 amide bonds. The number of nitrogens with two attached hydrogens (primary N) is 2. The Balaban J connectivity index is 1.70. The molecule has 0 bridgehead atoms. The Labute approximate surface area is 164 Å². The highest BCUT2D eigenvalue weighted by atomic mass is 32.2. The van der Waals surface area contributed by atoms with Crippen LogP contribution in [-0.2, 0) is 14.4 Å². The van der Waals surface area contributed by atoms with E-state index in [1.807, 2.05) is 0 Å². The number of nitrogens with zero attached hydrogens (tertiary/aromatic N) is 1. The van der Waals surface area contributed by atoms with E-state index in [1.54, 1.807) is 25.1 Å².